The van der Waals surface area contributed by atoms with Crippen LogP contribution in [0.1, 0.15) is 21.7 Å². The standard InChI is InChI=1S/C37H33N3O7.2ClH/c1-21-30(43-2)16-23(17-31(21)44-3)34-27-18-32(45-4)33(47-20-25-13-10-22-8-6-7-9-29(22)39-25)19-28(27)36(41)40(35(34)37(42)46-5)26-14-11-24(38)12-15-26;;/h6-19H,20,38H2,1-5H3;2*1H. The highest BCUT2D eigenvalue weighted by atomic mass is 35.5. The highest BCUT2D eigenvalue weighted by Crippen LogP contribution is 2.42. The number of nitrogens with zero attached hydrogens (tertiary/aromatic N) is 2. The first kappa shape index (κ1) is 36.4. The lowest BCUT2D eigenvalue weighted by Crippen LogP contribution is -2.27. The summed E-state index contributed by atoms with van der Waals surface area (Å²) in [7, 11) is 5.88. The summed E-state index contributed by atoms with van der Waals surface area (Å²) in [5, 5.41) is 1.72. The number of carbonyl (C=O) groups excluding carboxylic acids is 1. The van der Waals surface area contributed by atoms with Crippen molar-refractivity contribution >= 4 is 58.1 Å². The smallest absolute Gasteiger partial charge is 0.355 e. The highest BCUT2D eigenvalue weighted by molar-refractivity contribution is 6.08. The minimum absolute atomic E-state index is 0. The van der Waals surface area contributed by atoms with Crippen LogP contribution in [0.25, 0.3) is 38.5 Å². The van der Waals surface area contributed by atoms with E-state index in [4.69, 9.17) is 34.4 Å². The molecule has 0 aliphatic carbocycles. The molecule has 2 heterocycles. The number of hydrogen-bond donors (Lipinski definition) is 1. The first-order valence-corrected chi connectivity index (χ1v) is 14.7. The van der Waals surface area contributed by atoms with E-state index < -0.39 is 11.5 Å². The molecule has 0 aliphatic rings. The lowest BCUT2D eigenvalue weighted by molar-refractivity contribution is 0.0591. The predicted octanol–water partition coefficient (Wildman–Crippen LogP) is 7.33. The van der Waals surface area contributed by atoms with Crippen molar-refractivity contribution in [3.8, 4) is 39.8 Å². The molecule has 0 bridgehead atoms. The van der Waals surface area contributed by atoms with Crippen LogP contribution in [0, 0.1) is 6.92 Å². The maximum absolute atomic E-state index is 14.5. The van der Waals surface area contributed by atoms with E-state index in [1.165, 1.54) is 18.8 Å². The largest absolute Gasteiger partial charge is 0.496 e. The molecule has 0 radical (unpaired) electrons. The topological polar surface area (TPSA) is 124 Å². The number of rotatable bonds is 9. The number of anilines is 1. The van der Waals surface area contributed by atoms with Crippen molar-refractivity contribution in [2.24, 2.45) is 0 Å². The van der Waals surface area contributed by atoms with Crippen molar-refractivity contribution in [3.05, 3.63) is 112 Å². The molecule has 254 valence electrons. The van der Waals surface area contributed by atoms with Crippen LogP contribution in [0.3, 0.4) is 0 Å². The molecular formula is C37H35Cl2N3O7. The number of halogens is 2. The molecule has 10 nitrogen and oxygen atoms in total. The van der Waals surface area contributed by atoms with Crippen molar-refractivity contribution in [1.82, 2.24) is 9.55 Å². The molecule has 0 aliphatic heterocycles. The van der Waals surface area contributed by atoms with Crippen molar-refractivity contribution in [2.45, 2.75) is 13.5 Å². The van der Waals surface area contributed by atoms with Gasteiger partial charge in [-0.25, -0.2) is 9.78 Å². The zero-order chi connectivity index (χ0) is 33.2. The van der Waals surface area contributed by atoms with Gasteiger partial charge in [-0.05, 0) is 73.2 Å². The molecule has 0 spiro atoms. The molecule has 0 unspecified atom stereocenters. The first-order valence-electron chi connectivity index (χ1n) is 14.7. The van der Waals surface area contributed by atoms with Gasteiger partial charge in [0.2, 0.25) is 0 Å². The van der Waals surface area contributed by atoms with Gasteiger partial charge in [0.25, 0.3) is 5.56 Å². The van der Waals surface area contributed by atoms with Gasteiger partial charge < -0.3 is 29.4 Å². The number of esters is 1. The molecule has 6 aromatic rings. The minimum atomic E-state index is -0.726. The molecule has 12 heteroatoms. The number of carbonyl (C=O) groups is 1. The molecule has 2 N–H and O–H groups in total. The molecular weight excluding hydrogens is 669 g/mol. The summed E-state index contributed by atoms with van der Waals surface area (Å²) in [4.78, 5) is 32.9. The molecule has 2 aromatic heterocycles. The highest BCUT2D eigenvalue weighted by Gasteiger charge is 2.28. The molecule has 49 heavy (non-hydrogen) atoms. The Kier molecular flexibility index (Phi) is 11.3. The Balaban J connectivity index is 0.00000270. The van der Waals surface area contributed by atoms with E-state index in [1.54, 1.807) is 62.8 Å². The zero-order valence-corrected chi connectivity index (χ0v) is 29.1. The van der Waals surface area contributed by atoms with E-state index in [9.17, 15) is 9.59 Å². The molecule has 0 saturated heterocycles. The number of hydrogen-bond acceptors (Lipinski definition) is 9. The number of fused-ring (bicyclic) bond motifs is 2. The maximum Gasteiger partial charge on any atom is 0.355 e. The van der Waals surface area contributed by atoms with Gasteiger partial charge in [0.05, 0.1) is 45.0 Å². The van der Waals surface area contributed by atoms with E-state index in [-0.39, 0.29) is 42.5 Å². The molecule has 0 amide bonds. The van der Waals surface area contributed by atoms with E-state index in [2.05, 4.69) is 0 Å². The lowest BCUT2D eigenvalue weighted by Gasteiger charge is -2.21. The summed E-state index contributed by atoms with van der Waals surface area (Å²) >= 11 is 0. The average Bonchev–Trinajstić information content (AvgIpc) is 3.10. The van der Waals surface area contributed by atoms with E-state index in [0.29, 0.717) is 56.6 Å². The Hall–Kier alpha value is -5.45. The lowest BCUT2D eigenvalue weighted by atomic mass is 9.94. The van der Waals surface area contributed by atoms with Gasteiger partial charge >= 0.3 is 5.97 Å². The number of methoxy groups -OCH3 is 4. The second-order valence-electron chi connectivity index (χ2n) is 10.8. The molecule has 4 aromatic carbocycles. The van der Waals surface area contributed by atoms with Gasteiger partial charge in [0.1, 0.15) is 23.8 Å². The summed E-state index contributed by atoms with van der Waals surface area (Å²) in [6, 6.07) is 25.2. The van der Waals surface area contributed by atoms with Crippen molar-refractivity contribution in [2.75, 3.05) is 34.2 Å². The Morgan fingerprint density at radius 1 is 0.776 bits per heavy atom. The van der Waals surface area contributed by atoms with Crippen LogP contribution < -0.4 is 30.2 Å². The summed E-state index contributed by atoms with van der Waals surface area (Å²) in [6.45, 7) is 1.99. The quantitative estimate of drug-likeness (QED) is 0.122. The Labute approximate surface area is 295 Å². The molecule has 6 rings (SSSR count). The fourth-order valence-corrected chi connectivity index (χ4v) is 5.70. The Bertz CT molecular complexity index is 2200. The van der Waals surface area contributed by atoms with Crippen molar-refractivity contribution < 1.29 is 28.5 Å². The monoisotopic (exact) mass is 703 g/mol. The van der Waals surface area contributed by atoms with Crippen LogP contribution in [-0.2, 0) is 11.3 Å². The number of para-hydroxylation sites is 1. The van der Waals surface area contributed by atoms with Gasteiger partial charge in [0.15, 0.2) is 11.5 Å². The third kappa shape index (κ3) is 6.78. The van der Waals surface area contributed by atoms with Gasteiger partial charge in [0, 0.05) is 33.3 Å². The van der Waals surface area contributed by atoms with E-state index >= 15 is 0 Å². The van der Waals surface area contributed by atoms with Crippen LogP contribution in [0.15, 0.2) is 89.7 Å². The third-order valence-corrected chi connectivity index (χ3v) is 8.07. The Morgan fingerprint density at radius 2 is 1.41 bits per heavy atom. The van der Waals surface area contributed by atoms with Crippen molar-refractivity contribution in [3.63, 3.8) is 0 Å². The van der Waals surface area contributed by atoms with Gasteiger partial charge in [-0.1, -0.05) is 24.3 Å². The van der Waals surface area contributed by atoms with E-state index in [1.807, 2.05) is 43.3 Å². The molecule has 0 fully saturated rings. The molecule has 0 saturated carbocycles. The minimum Gasteiger partial charge on any atom is -0.496 e. The fraction of sp³-hybridized carbons (Fsp3) is 0.162. The number of nitrogen functional groups attached to an aromatic ring is 1. The van der Waals surface area contributed by atoms with Gasteiger partial charge in [-0.15, -0.1) is 24.8 Å². The number of ether oxygens (including phenoxy) is 5. The normalized spacial score (nSPS) is 10.6. The predicted molar refractivity (Wildman–Crippen MR) is 196 cm³/mol. The van der Waals surface area contributed by atoms with Crippen LogP contribution in [0.4, 0.5) is 5.69 Å². The number of nitrogens with two attached hydrogens (primary N) is 1. The summed E-state index contributed by atoms with van der Waals surface area (Å²) in [6.07, 6.45) is 0. The number of aromatic nitrogens is 2. The van der Waals surface area contributed by atoms with Crippen LogP contribution in [0.5, 0.6) is 23.0 Å². The van der Waals surface area contributed by atoms with Crippen LogP contribution in [-0.4, -0.2) is 44.0 Å². The summed E-state index contributed by atoms with van der Waals surface area (Å²) < 4.78 is 30.0. The summed E-state index contributed by atoms with van der Waals surface area (Å²) in [5.74, 6) is 1.01. The number of pyridine rings is 2. The van der Waals surface area contributed by atoms with Gasteiger partial charge in [-0.2, -0.15) is 0 Å². The Morgan fingerprint density at radius 3 is 2.04 bits per heavy atom. The maximum atomic E-state index is 14.5. The second kappa shape index (κ2) is 15.2. The summed E-state index contributed by atoms with van der Waals surface area (Å²) in [5.41, 5.74) is 9.68. The second-order valence-corrected chi connectivity index (χ2v) is 10.8. The third-order valence-electron chi connectivity index (χ3n) is 8.07. The van der Waals surface area contributed by atoms with Crippen LogP contribution >= 0.6 is 24.8 Å². The van der Waals surface area contributed by atoms with Crippen molar-refractivity contribution in [1.29, 1.82) is 0 Å². The first-order chi connectivity index (χ1) is 22.8. The zero-order valence-electron chi connectivity index (χ0n) is 27.4. The number of benzene rings is 4. The van der Waals surface area contributed by atoms with Crippen LogP contribution in [0.2, 0.25) is 0 Å². The molecule has 0 atom stereocenters. The SMILES string of the molecule is COC(=O)c1c(-c2cc(OC)c(C)c(OC)c2)c2cc(OC)c(OCc3ccc4ccccc4n3)cc2c(=O)n1-c1ccc(N)cc1.Cl.Cl. The van der Waals surface area contributed by atoms with Gasteiger partial charge in [-0.3, -0.25) is 9.36 Å². The van der Waals surface area contributed by atoms with E-state index in [0.717, 1.165) is 16.5 Å². The fourth-order valence-electron chi connectivity index (χ4n) is 5.70. The average molecular weight is 705 g/mol.